The largest absolute Gasteiger partial charge is 0.351 e. The van der Waals surface area contributed by atoms with Crippen LogP contribution in [0.25, 0.3) is 0 Å². The van der Waals surface area contributed by atoms with Gasteiger partial charge in [-0.15, -0.1) is 6.58 Å². The van der Waals surface area contributed by atoms with Gasteiger partial charge in [0.25, 0.3) is 5.91 Å². The van der Waals surface area contributed by atoms with E-state index in [1.807, 2.05) is 6.07 Å². The number of imide groups is 1. The van der Waals surface area contributed by atoms with Gasteiger partial charge in [-0.05, 0) is 24.6 Å². The van der Waals surface area contributed by atoms with Crippen LogP contribution in [0.3, 0.4) is 0 Å². The van der Waals surface area contributed by atoms with Crippen molar-refractivity contribution in [1.82, 2.24) is 15.5 Å². The van der Waals surface area contributed by atoms with Gasteiger partial charge < -0.3 is 10.6 Å². The Labute approximate surface area is 136 Å². The molecule has 1 fully saturated rings. The van der Waals surface area contributed by atoms with Crippen LogP contribution < -0.4 is 10.6 Å². The van der Waals surface area contributed by atoms with Crippen LogP contribution in [0.15, 0.2) is 41.4 Å². The van der Waals surface area contributed by atoms with E-state index in [4.69, 9.17) is 0 Å². The first-order valence-corrected chi connectivity index (χ1v) is 7.45. The first-order chi connectivity index (χ1) is 10.4. The summed E-state index contributed by atoms with van der Waals surface area (Å²) in [5.74, 6) is -0.869. The standard InChI is InChI=1S/C15H16BrN3O3/c1-3-7-17-12(20)9-19-13(21)15(2,18-14(19)22)10-5-4-6-11(16)8-10/h3-6,8H,1,7,9H2,2H3,(H,17,20)(H,18,22). The third kappa shape index (κ3) is 3.04. The first kappa shape index (κ1) is 16.2. The van der Waals surface area contributed by atoms with Crippen LogP contribution in [0.4, 0.5) is 4.79 Å². The Morgan fingerprint density at radius 2 is 2.23 bits per heavy atom. The summed E-state index contributed by atoms with van der Waals surface area (Å²) in [5, 5.41) is 5.19. The van der Waals surface area contributed by atoms with Crippen molar-refractivity contribution in [3.63, 3.8) is 0 Å². The molecule has 1 aliphatic rings. The van der Waals surface area contributed by atoms with Gasteiger partial charge in [0.1, 0.15) is 12.1 Å². The Morgan fingerprint density at radius 3 is 2.86 bits per heavy atom. The smallest absolute Gasteiger partial charge is 0.325 e. The number of rotatable bonds is 5. The summed E-state index contributed by atoms with van der Waals surface area (Å²) in [6.07, 6.45) is 1.52. The third-order valence-corrected chi connectivity index (χ3v) is 3.92. The topological polar surface area (TPSA) is 78.5 Å². The van der Waals surface area contributed by atoms with Crippen LogP contribution >= 0.6 is 15.9 Å². The van der Waals surface area contributed by atoms with Crippen molar-refractivity contribution in [1.29, 1.82) is 0 Å². The summed E-state index contributed by atoms with van der Waals surface area (Å²) < 4.78 is 0.801. The van der Waals surface area contributed by atoms with Crippen molar-refractivity contribution in [2.75, 3.05) is 13.1 Å². The van der Waals surface area contributed by atoms with Crippen LogP contribution in [-0.4, -0.2) is 35.8 Å². The summed E-state index contributed by atoms with van der Waals surface area (Å²) in [6, 6.07) is 6.54. The van der Waals surface area contributed by atoms with Gasteiger partial charge in [0, 0.05) is 11.0 Å². The van der Waals surface area contributed by atoms with E-state index in [-0.39, 0.29) is 13.1 Å². The number of hydrogen-bond acceptors (Lipinski definition) is 3. The highest BCUT2D eigenvalue weighted by atomic mass is 79.9. The molecule has 116 valence electrons. The maximum absolute atomic E-state index is 12.6. The Bertz CT molecular complexity index is 647. The summed E-state index contributed by atoms with van der Waals surface area (Å²) in [5.41, 5.74) is -0.534. The Morgan fingerprint density at radius 1 is 1.50 bits per heavy atom. The zero-order valence-corrected chi connectivity index (χ0v) is 13.6. The second-order valence-corrected chi connectivity index (χ2v) is 5.97. The number of carbonyl (C=O) groups excluding carboxylic acids is 3. The fourth-order valence-electron chi connectivity index (χ4n) is 2.22. The Hall–Kier alpha value is -2.15. The molecule has 0 radical (unpaired) electrons. The van der Waals surface area contributed by atoms with E-state index in [0.717, 1.165) is 9.37 Å². The molecule has 1 saturated heterocycles. The maximum atomic E-state index is 12.6. The quantitative estimate of drug-likeness (QED) is 0.613. The monoisotopic (exact) mass is 365 g/mol. The molecule has 1 aromatic rings. The molecule has 0 aliphatic carbocycles. The first-order valence-electron chi connectivity index (χ1n) is 6.66. The van der Waals surface area contributed by atoms with Crippen molar-refractivity contribution in [2.45, 2.75) is 12.5 Å². The van der Waals surface area contributed by atoms with Crippen LogP contribution in [0.1, 0.15) is 12.5 Å². The Kier molecular flexibility index (Phi) is 4.65. The number of halogens is 1. The fourth-order valence-corrected chi connectivity index (χ4v) is 2.62. The molecule has 4 amide bonds. The second kappa shape index (κ2) is 6.31. The van der Waals surface area contributed by atoms with Crippen molar-refractivity contribution < 1.29 is 14.4 Å². The number of amides is 4. The van der Waals surface area contributed by atoms with Crippen molar-refractivity contribution in [2.24, 2.45) is 0 Å². The van der Waals surface area contributed by atoms with Crippen LogP contribution in [0.2, 0.25) is 0 Å². The minimum Gasteiger partial charge on any atom is -0.351 e. The number of benzene rings is 1. The van der Waals surface area contributed by atoms with E-state index in [2.05, 4.69) is 33.1 Å². The molecular formula is C15H16BrN3O3. The van der Waals surface area contributed by atoms with E-state index in [1.165, 1.54) is 6.08 Å². The van der Waals surface area contributed by atoms with Crippen LogP contribution in [0, 0.1) is 0 Å². The minimum absolute atomic E-state index is 0.283. The lowest BCUT2D eigenvalue weighted by Gasteiger charge is -2.22. The number of hydrogen-bond donors (Lipinski definition) is 2. The molecule has 6 nitrogen and oxygen atoms in total. The molecule has 0 spiro atoms. The molecule has 1 aromatic carbocycles. The van der Waals surface area contributed by atoms with Crippen molar-refractivity contribution in [3.8, 4) is 0 Å². The van der Waals surface area contributed by atoms with E-state index in [0.29, 0.717) is 5.56 Å². The summed E-state index contributed by atoms with van der Waals surface area (Å²) in [4.78, 5) is 37.3. The molecule has 0 saturated carbocycles. The molecular weight excluding hydrogens is 350 g/mol. The van der Waals surface area contributed by atoms with Crippen LogP contribution in [0.5, 0.6) is 0 Å². The molecule has 0 bridgehead atoms. The minimum atomic E-state index is -1.18. The average molecular weight is 366 g/mol. The molecule has 1 atom stereocenters. The lowest BCUT2D eigenvalue weighted by Crippen LogP contribution is -2.43. The van der Waals surface area contributed by atoms with Gasteiger partial charge in [-0.1, -0.05) is 34.1 Å². The molecule has 1 heterocycles. The van der Waals surface area contributed by atoms with E-state index < -0.39 is 23.4 Å². The van der Waals surface area contributed by atoms with Gasteiger partial charge in [0.15, 0.2) is 0 Å². The summed E-state index contributed by atoms with van der Waals surface area (Å²) in [6.45, 7) is 5.07. The number of urea groups is 1. The summed E-state index contributed by atoms with van der Waals surface area (Å²) >= 11 is 3.34. The highest BCUT2D eigenvalue weighted by Gasteiger charge is 2.49. The fraction of sp³-hybridized carbons (Fsp3) is 0.267. The van der Waals surface area contributed by atoms with Gasteiger partial charge in [-0.25, -0.2) is 4.79 Å². The zero-order chi connectivity index (χ0) is 16.3. The van der Waals surface area contributed by atoms with Crippen molar-refractivity contribution >= 4 is 33.8 Å². The SMILES string of the molecule is C=CCNC(=O)CN1C(=O)NC(C)(c2cccc(Br)c2)C1=O. The third-order valence-electron chi connectivity index (χ3n) is 3.42. The van der Waals surface area contributed by atoms with Gasteiger partial charge >= 0.3 is 6.03 Å². The normalized spacial score (nSPS) is 20.7. The van der Waals surface area contributed by atoms with Gasteiger partial charge in [0.05, 0.1) is 0 Å². The van der Waals surface area contributed by atoms with Gasteiger partial charge in [-0.3, -0.25) is 14.5 Å². The number of carbonyl (C=O) groups is 3. The molecule has 22 heavy (non-hydrogen) atoms. The second-order valence-electron chi connectivity index (χ2n) is 5.05. The highest BCUT2D eigenvalue weighted by Crippen LogP contribution is 2.30. The van der Waals surface area contributed by atoms with Gasteiger partial charge in [0.2, 0.25) is 5.91 Å². The van der Waals surface area contributed by atoms with Gasteiger partial charge in [-0.2, -0.15) is 0 Å². The molecule has 2 N–H and O–H groups in total. The molecule has 0 aromatic heterocycles. The lowest BCUT2D eigenvalue weighted by atomic mass is 9.92. The van der Waals surface area contributed by atoms with E-state index in [9.17, 15) is 14.4 Å². The Balaban J connectivity index is 2.21. The summed E-state index contributed by atoms with van der Waals surface area (Å²) in [7, 11) is 0. The predicted octanol–water partition coefficient (Wildman–Crippen LogP) is 1.52. The number of nitrogens with zero attached hydrogens (tertiary/aromatic N) is 1. The zero-order valence-electron chi connectivity index (χ0n) is 12.1. The predicted molar refractivity (Wildman–Crippen MR) is 84.9 cm³/mol. The van der Waals surface area contributed by atoms with Crippen molar-refractivity contribution in [3.05, 3.63) is 47.0 Å². The maximum Gasteiger partial charge on any atom is 0.325 e. The molecule has 1 aliphatic heterocycles. The molecule has 2 rings (SSSR count). The van der Waals surface area contributed by atoms with Crippen LogP contribution in [-0.2, 0) is 15.1 Å². The van der Waals surface area contributed by atoms with E-state index >= 15 is 0 Å². The van der Waals surface area contributed by atoms with E-state index in [1.54, 1.807) is 25.1 Å². The highest BCUT2D eigenvalue weighted by molar-refractivity contribution is 9.10. The molecule has 1 unspecified atom stereocenters. The average Bonchev–Trinajstić information content (AvgIpc) is 2.70. The number of nitrogens with one attached hydrogen (secondary N) is 2. The lowest BCUT2D eigenvalue weighted by molar-refractivity contribution is -0.134. The molecule has 7 heteroatoms.